The molecule has 6 heteroatoms. The van der Waals surface area contributed by atoms with Gasteiger partial charge in [0.2, 0.25) is 0 Å². The van der Waals surface area contributed by atoms with E-state index in [9.17, 15) is 14.7 Å². The Morgan fingerprint density at radius 2 is 2.14 bits per heavy atom. The molecule has 0 bridgehead atoms. The third-order valence-corrected chi connectivity index (χ3v) is 4.52. The molecule has 5 nitrogen and oxygen atoms in total. The zero-order valence-corrected chi connectivity index (χ0v) is 12.8. The average molecular weight is 352 g/mol. The van der Waals surface area contributed by atoms with E-state index in [-0.39, 0.29) is 0 Å². The van der Waals surface area contributed by atoms with Crippen molar-refractivity contribution in [3.63, 3.8) is 0 Å². The van der Waals surface area contributed by atoms with Crippen molar-refractivity contribution < 1.29 is 14.3 Å². The number of carboxylic acids is 1. The summed E-state index contributed by atoms with van der Waals surface area (Å²) in [4.78, 5) is 23.0. The van der Waals surface area contributed by atoms with Gasteiger partial charge in [-0.3, -0.25) is 10.1 Å². The van der Waals surface area contributed by atoms with E-state index in [1.165, 1.54) is 6.07 Å². The first-order valence-electron chi connectivity index (χ1n) is 6.71. The van der Waals surface area contributed by atoms with Crippen LogP contribution in [0, 0.1) is 0 Å². The van der Waals surface area contributed by atoms with Crippen molar-refractivity contribution >= 4 is 32.9 Å². The summed E-state index contributed by atoms with van der Waals surface area (Å²) in [5.74, 6) is -0.830. The van der Waals surface area contributed by atoms with Gasteiger partial charge in [0.05, 0.1) is 0 Å². The Balaban J connectivity index is 1.93. The van der Waals surface area contributed by atoms with Gasteiger partial charge in [0.1, 0.15) is 11.1 Å². The predicted molar refractivity (Wildman–Crippen MR) is 81.2 cm³/mol. The number of fused-ring (bicyclic) bond motifs is 1. The van der Waals surface area contributed by atoms with Gasteiger partial charge >= 0.3 is 11.6 Å². The third-order valence-electron chi connectivity index (χ3n) is 4.03. The van der Waals surface area contributed by atoms with Crippen molar-refractivity contribution in [1.29, 1.82) is 0 Å². The molecule has 1 aromatic carbocycles. The third kappa shape index (κ3) is 2.61. The number of benzene rings is 1. The summed E-state index contributed by atoms with van der Waals surface area (Å²) in [6.07, 6.45) is 2.14. The second-order valence-electron chi connectivity index (χ2n) is 5.33. The van der Waals surface area contributed by atoms with Gasteiger partial charge in [-0.2, -0.15) is 0 Å². The molecule has 2 aromatic rings. The van der Waals surface area contributed by atoms with Crippen LogP contribution in [0.15, 0.2) is 37.9 Å². The molecule has 1 fully saturated rings. The van der Waals surface area contributed by atoms with E-state index < -0.39 is 17.1 Å². The van der Waals surface area contributed by atoms with Crippen LogP contribution >= 0.6 is 15.9 Å². The highest BCUT2D eigenvalue weighted by atomic mass is 79.9. The van der Waals surface area contributed by atoms with Crippen LogP contribution in [-0.2, 0) is 11.3 Å². The molecule has 0 unspecified atom stereocenters. The van der Waals surface area contributed by atoms with Crippen molar-refractivity contribution in [1.82, 2.24) is 5.32 Å². The summed E-state index contributed by atoms with van der Waals surface area (Å²) in [5.41, 5.74) is -0.0409. The molecule has 0 spiro atoms. The van der Waals surface area contributed by atoms with Crippen LogP contribution in [0.3, 0.4) is 0 Å². The quantitative estimate of drug-likeness (QED) is 0.827. The number of hydrogen-bond donors (Lipinski definition) is 2. The summed E-state index contributed by atoms with van der Waals surface area (Å²) >= 11 is 3.34. The Morgan fingerprint density at radius 1 is 1.38 bits per heavy atom. The highest BCUT2D eigenvalue weighted by Gasteiger charge is 2.43. The number of carbonyl (C=O) groups is 1. The maximum atomic E-state index is 11.6. The van der Waals surface area contributed by atoms with E-state index in [4.69, 9.17) is 4.42 Å². The SMILES string of the molecule is O=C(O)C1(NCc2cc(=O)oc3cc(Br)ccc23)CCC1. The maximum absolute atomic E-state index is 11.6. The first-order valence-corrected chi connectivity index (χ1v) is 7.50. The van der Waals surface area contributed by atoms with Crippen molar-refractivity contribution in [2.45, 2.75) is 31.3 Å². The van der Waals surface area contributed by atoms with Crippen LogP contribution in [0.4, 0.5) is 0 Å². The normalized spacial score (nSPS) is 16.6. The van der Waals surface area contributed by atoms with Crippen molar-refractivity contribution in [3.05, 3.63) is 44.7 Å². The van der Waals surface area contributed by atoms with Gasteiger partial charge in [0.15, 0.2) is 0 Å². The van der Waals surface area contributed by atoms with E-state index in [1.807, 2.05) is 12.1 Å². The molecule has 0 amide bonds. The van der Waals surface area contributed by atoms with Crippen LogP contribution in [0.25, 0.3) is 11.0 Å². The van der Waals surface area contributed by atoms with Crippen LogP contribution in [-0.4, -0.2) is 16.6 Å². The first kappa shape index (κ1) is 14.3. The fraction of sp³-hybridized carbons (Fsp3) is 0.333. The Labute approximate surface area is 129 Å². The molecule has 1 aliphatic carbocycles. The van der Waals surface area contributed by atoms with Crippen LogP contribution in [0.2, 0.25) is 0 Å². The fourth-order valence-corrected chi connectivity index (χ4v) is 2.95. The topological polar surface area (TPSA) is 79.5 Å². The number of halogens is 1. The molecule has 1 saturated carbocycles. The number of nitrogens with one attached hydrogen (secondary N) is 1. The Morgan fingerprint density at radius 3 is 2.76 bits per heavy atom. The molecule has 0 atom stereocenters. The van der Waals surface area contributed by atoms with Gasteiger partial charge < -0.3 is 9.52 Å². The van der Waals surface area contributed by atoms with Crippen LogP contribution < -0.4 is 10.9 Å². The Bertz CT molecular complexity index is 764. The van der Waals surface area contributed by atoms with Crippen LogP contribution in [0.1, 0.15) is 24.8 Å². The molecular weight excluding hydrogens is 338 g/mol. The minimum atomic E-state index is -0.849. The zero-order chi connectivity index (χ0) is 15.0. The summed E-state index contributed by atoms with van der Waals surface area (Å²) in [6.45, 7) is 0.329. The van der Waals surface area contributed by atoms with Gasteiger partial charge in [-0.05, 0) is 43.0 Å². The molecule has 2 N–H and O–H groups in total. The van der Waals surface area contributed by atoms with E-state index >= 15 is 0 Å². The van der Waals surface area contributed by atoms with Crippen molar-refractivity contribution in [3.8, 4) is 0 Å². The average Bonchev–Trinajstić information content (AvgIpc) is 2.35. The summed E-state index contributed by atoms with van der Waals surface area (Å²) < 4.78 is 6.00. The number of hydrogen-bond acceptors (Lipinski definition) is 4. The van der Waals surface area contributed by atoms with E-state index in [0.29, 0.717) is 25.0 Å². The van der Waals surface area contributed by atoms with Crippen molar-refractivity contribution in [2.75, 3.05) is 0 Å². The fourth-order valence-electron chi connectivity index (χ4n) is 2.61. The molecule has 0 aliphatic heterocycles. The molecule has 1 aliphatic rings. The second-order valence-corrected chi connectivity index (χ2v) is 6.24. The van der Waals surface area contributed by atoms with Crippen molar-refractivity contribution in [2.24, 2.45) is 0 Å². The minimum Gasteiger partial charge on any atom is -0.480 e. The largest absolute Gasteiger partial charge is 0.480 e. The zero-order valence-electron chi connectivity index (χ0n) is 11.2. The standard InChI is InChI=1S/C15H14BrNO4/c16-10-2-3-11-9(6-13(18)21-12(11)7-10)8-17-15(14(19)20)4-1-5-15/h2-3,6-7,17H,1,4-5,8H2,(H,19,20). The second kappa shape index (κ2) is 5.27. The van der Waals surface area contributed by atoms with Gasteiger partial charge in [-0.1, -0.05) is 15.9 Å². The van der Waals surface area contributed by atoms with Gasteiger partial charge in [0, 0.05) is 22.5 Å². The van der Waals surface area contributed by atoms with E-state index in [2.05, 4.69) is 21.2 Å². The highest BCUT2D eigenvalue weighted by molar-refractivity contribution is 9.10. The Kier molecular flexibility index (Phi) is 3.59. The first-order chi connectivity index (χ1) is 10.00. The molecular formula is C15H14BrNO4. The lowest BCUT2D eigenvalue weighted by atomic mass is 9.76. The molecule has 1 aromatic heterocycles. The molecule has 3 rings (SSSR count). The van der Waals surface area contributed by atoms with E-state index in [1.54, 1.807) is 6.07 Å². The minimum absolute atomic E-state index is 0.329. The predicted octanol–water partition coefficient (Wildman–Crippen LogP) is 2.65. The monoisotopic (exact) mass is 351 g/mol. The molecule has 0 saturated heterocycles. The molecule has 1 heterocycles. The number of rotatable bonds is 4. The smallest absolute Gasteiger partial charge is 0.336 e. The molecule has 0 radical (unpaired) electrons. The summed E-state index contributed by atoms with van der Waals surface area (Å²) in [5, 5.41) is 13.2. The lowest BCUT2D eigenvalue weighted by Crippen LogP contribution is -2.56. The van der Waals surface area contributed by atoms with Crippen LogP contribution in [0.5, 0.6) is 0 Å². The number of carboxylic acid groups (broad SMARTS) is 1. The van der Waals surface area contributed by atoms with Gasteiger partial charge in [0.25, 0.3) is 0 Å². The number of aliphatic carboxylic acids is 1. The maximum Gasteiger partial charge on any atom is 0.336 e. The lowest BCUT2D eigenvalue weighted by molar-refractivity contribution is -0.148. The highest BCUT2D eigenvalue weighted by Crippen LogP contribution is 2.32. The lowest BCUT2D eigenvalue weighted by Gasteiger charge is -2.38. The van der Waals surface area contributed by atoms with Gasteiger partial charge in [-0.15, -0.1) is 0 Å². The summed E-state index contributed by atoms with van der Waals surface area (Å²) in [7, 11) is 0. The molecule has 110 valence electrons. The van der Waals surface area contributed by atoms with E-state index in [0.717, 1.165) is 21.8 Å². The Hall–Kier alpha value is -1.66. The molecule has 21 heavy (non-hydrogen) atoms. The van der Waals surface area contributed by atoms with Gasteiger partial charge in [-0.25, -0.2) is 4.79 Å². The summed E-state index contributed by atoms with van der Waals surface area (Å²) in [6, 6.07) is 6.86.